The van der Waals surface area contributed by atoms with Crippen LogP contribution >= 0.6 is 0 Å². The average Bonchev–Trinajstić information content (AvgIpc) is 3.76. The number of carbonyl (C=O) groups is 3. The van der Waals surface area contributed by atoms with E-state index in [4.69, 9.17) is 15.2 Å². The number of piperidine rings is 1. The number of amides is 2. The Morgan fingerprint density at radius 1 is 0.980 bits per heavy atom. The Morgan fingerprint density at radius 3 is 2.49 bits per heavy atom. The summed E-state index contributed by atoms with van der Waals surface area (Å²) in [6, 6.07) is 16.3. The summed E-state index contributed by atoms with van der Waals surface area (Å²) >= 11 is 0. The zero-order valence-electron chi connectivity index (χ0n) is 30.2. The predicted molar refractivity (Wildman–Crippen MR) is 200 cm³/mol. The number of benzene rings is 2. The number of aromatic amines is 1. The second-order valence-electron chi connectivity index (χ2n) is 13.9. The Kier molecular flexibility index (Phi) is 13.9. The first-order valence-corrected chi connectivity index (χ1v) is 18.7. The van der Waals surface area contributed by atoms with Gasteiger partial charge in [0.2, 0.25) is 11.8 Å². The Morgan fingerprint density at radius 2 is 1.76 bits per heavy atom. The highest BCUT2D eigenvalue weighted by Gasteiger charge is 2.42. The van der Waals surface area contributed by atoms with E-state index >= 15 is 0 Å². The van der Waals surface area contributed by atoms with Crippen LogP contribution in [0.4, 0.5) is 0 Å². The monoisotopic (exact) mass is 698 g/mol. The Bertz CT molecular complexity index is 1700. The zero-order chi connectivity index (χ0) is 36.2. The van der Waals surface area contributed by atoms with Gasteiger partial charge in [-0.3, -0.25) is 24.1 Å². The summed E-state index contributed by atoms with van der Waals surface area (Å²) in [5, 5.41) is 0.667. The molecule has 4 atom stereocenters. The summed E-state index contributed by atoms with van der Waals surface area (Å²) in [4.78, 5) is 56.3. The summed E-state index contributed by atoms with van der Waals surface area (Å²) in [7, 11) is 1.61. The molecule has 0 radical (unpaired) electrons. The molecule has 2 saturated heterocycles. The van der Waals surface area contributed by atoms with Crippen LogP contribution in [0.2, 0.25) is 0 Å². The van der Waals surface area contributed by atoms with Gasteiger partial charge in [0.15, 0.2) is 5.43 Å². The quantitative estimate of drug-likeness (QED) is 0.116. The number of nitrogens with two attached hydrogens (primary N) is 1. The largest absolute Gasteiger partial charge is 0.497 e. The number of allylic oxidation sites excluding steroid dienone is 2. The first-order valence-electron chi connectivity index (χ1n) is 18.7. The highest BCUT2D eigenvalue weighted by atomic mass is 16.5. The molecule has 0 bridgehead atoms. The van der Waals surface area contributed by atoms with Gasteiger partial charge in [0.05, 0.1) is 31.2 Å². The zero-order valence-corrected chi connectivity index (χ0v) is 30.2. The van der Waals surface area contributed by atoms with Gasteiger partial charge in [-0.2, -0.15) is 0 Å². The van der Waals surface area contributed by atoms with Crippen molar-refractivity contribution in [1.29, 1.82) is 0 Å². The maximum absolute atomic E-state index is 13.4. The van der Waals surface area contributed by atoms with E-state index in [1.54, 1.807) is 30.2 Å². The second kappa shape index (κ2) is 18.7. The molecule has 2 aromatic carbocycles. The molecule has 3 heterocycles. The van der Waals surface area contributed by atoms with E-state index in [1.165, 1.54) is 6.42 Å². The third-order valence-electron chi connectivity index (χ3n) is 10.3. The van der Waals surface area contributed by atoms with Gasteiger partial charge in [0, 0.05) is 29.8 Å². The van der Waals surface area contributed by atoms with Crippen LogP contribution in [-0.4, -0.2) is 78.0 Å². The fourth-order valence-corrected chi connectivity index (χ4v) is 7.34. The van der Waals surface area contributed by atoms with Gasteiger partial charge in [-0.1, -0.05) is 61.7 Å². The van der Waals surface area contributed by atoms with Gasteiger partial charge in [-0.25, -0.2) is 0 Å². The normalized spacial score (nSPS) is 20.8. The van der Waals surface area contributed by atoms with Crippen LogP contribution in [0.25, 0.3) is 22.2 Å². The molecule has 6 rings (SSSR count). The van der Waals surface area contributed by atoms with E-state index < -0.39 is 6.04 Å². The number of nitrogens with zero attached hydrogens (tertiary/aromatic N) is 2. The number of pyridine rings is 1. The lowest BCUT2D eigenvalue weighted by Crippen LogP contribution is -2.53. The molecule has 10 nitrogen and oxygen atoms in total. The molecule has 2 aliphatic heterocycles. The third-order valence-corrected chi connectivity index (χ3v) is 10.3. The number of H-pyrrole nitrogens is 1. The van der Waals surface area contributed by atoms with Crippen LogP contribution in [0.1, 0.15) is 77.6 Å². The molecular weight excluding hydrogens is 644 g/mol. The fourth-order valence-electron chi connectivity index (χ4n) is 7.34. The standard InChI is InChI=1S/C25H41N3O4.C16H13NO2/c1-2-32-25(31)20-18-19(20)12-7-4-3-5-8-13-22(27-15-9-6-10-16-27)24(30)28-17-11-14-21(28)23(26)29;1-19-12-7-8-13-15(9-12)17-14(10-16(13)18)11-5-3-2-4-6-11/h7,12,19-22H,2-6,8-11,13-18H2,1H3,(H2,26,29);2-10H,1H3,(H,17,18)/b12-7-;/t19-,20+,21-,22-;/m0./s1. The van der Waals surface area contributed by atoms with Crippen molar-refractivity contribution in [3.63, 3.8) is 0 Å². The van der Waals surface area contributed by atoms with E-state index in [0.717, 1.165) is 93.4 Å². The molecule has 0 spiro atoms. The van der Waals surface area contributed by atoms with Gasteiger partial charge < -0.3 is 25.1 Å². The minimum absolute atomic E-state index is 0.00950. The lowest BCUT2D eigenvalue weighted by Gasteiger charge is -2.37. The topological polar surface area (TPSA) is 135 Å². The number of hydrogen-bond donors (Lipinski definition) is 2. The van der Waals surface area contributed by atoms with E-state index in [-0.39, 0.29) is 35.2 Å². The molecule has 1 aliphatic carbocycles. The van der Waals surface area contributed by atoms with Gasteiger partial charge in [0.25, 0.3) is 0 Å². The molecular formula is C41H54N4O6. The van der Waals surface area contributed by atoms with Crippen LogP contribution in [0.5, 0.6) is 5.75 Å². The van der Waals surface area contributed by atoms with Crippen LogP contribution in [0, 0.1) is 11.8 Å². The highest BCUT2D eigenvalue weighted by molar-refractivity contribution is 5.89. The number of likely N-dealkylation sites (tertiary alicyclic amines) is 2. The van der Waals surface area contributed by atoms with Crippen molar-refractivity contribution in [3.8, 4) is 17.0 Å². The average molecular weight is 699 g/mol. The number of nitrogens with one attached hydrogen (secondary N) is 1. The van der Waals surface area contributed by atoms with Crippen LogP contribution in [-0.2, 0) is 19.1 Å². The number of esters is 1. The maximum atomic E-state index is 13.4. The molecule has 2 amide bonds. The van der Waals surface area contributed by atoms with Crippen LogP contribution < -0.4 is 15.9 Å². The van der Waals surface area contributed by atoms with Crippen molar-refractivity contribution in [1.82, 2.24) is 14.8 Å². The van der Waals surface area contributed by atoms with Gasteiger partial charge in [-0.05, 0) is 95.0 Å². The van der Waals surface area contributed by atoms with Crippen LogP contribution in [0.15, 0.2) is 71.5 Å². The summed E-state index contributed by atoms with van der Waals surface area (Å²) in [6.45, 7) is 4.88. The molecule has 10 heteroatoms. The van der Waals surface area contributed by atoms with Crippen molar-refractivity contribution >= 4 is 28.7 Å². The number of rotatable bonds is 14. The summed E-state index contributed by atoms with van der Waals surface area (Å²) in [6.07, 6.45) is 15.4. The minimum Gasteiger partial charge on any atom is -0.497 e. The molecule has 274 valence electrons. The van der Waals surface area contributed by atoms with Gasteiger partial charge >= 0.3 is 5.97 Å². The van der Waals surface area contributed by atoms with Gasteiger partial charge in [0.1, 0.15) is 11.8 Å². The lowest BCUT2D eigenvalue weighted by atomic mass is 10.0. The smallest absolute Gasteiger partial charge is 0.309 e. The molecule has 3 N–H and O–H groups in total. The molecule has 1 aromatic heterocycles. The van der Waals surface area contributed by atoms with Gasteiger partial charge in [-0.15, -0.1) is 0 Å². The number of unbranched alkanes of at least 4 members (excludes halogenated alkanes) is 3. The first-order chi connectivity index (χ1) is 24.8. The fraction of sp³-hybridized carbons (Fsp3) is 0.512. The third kappa shape index (κ3) is 10.3. The van der Waals surface area contributed by atoms with Crippen LogP contribution in [0.3, 0.4) is 0 Å². The van der Waals surface area contributed by atoms with E-state index in [0.29, 0.717) is 30.9 Å². The number of hydrogen-bond acceptors (Lipinski definition) is 7. The summed E-state index contributed by atoms with van der Waals surface area (Å²) in [5.74, 6) is 0.819. The van der Waals surface area contributed by atoms with Crippen molar-refractivity contribution in [2.75, 3.05) is 33.4 Å². The number of ether oxygens (including phenoxy) is 2. The van der Waals surface area contributed by atoms with Crippen molar-refractivity contribution < 1.29 is 23.9 Å². The second-order valence-corrected chi connectivity index (χ2v) is 13.9. The predicted octanol–water partition coefficient (Wildman–Crippen LogP) is 6.23. The van der Waals surface area contributed by atoms with Crippen molar-refractivity contribution in [3.05, 3.63) is 77.0 Å². The molecule has 0 unspecified atom stereocenters. The number of fused-ring (bicyclic) bond motifs is 1. The molecule has 3 aromatic rings. The highest BCUT2D eigenvalue weighted by Crippen LogP contribution is 2.40. The molecule has 3 fully saturated rings. The van der Waals surface area contributed by atoms with E-state index in [2.05, 4.69) is 22.0 Å². The maximum Gasteiger partial charge on any atom is 0.309 e. The van der Waals surface area contributed by atoms with E-state index in [9.17, 15) is 19.2 Å². The molecule has 1 saturated carbocycles. The number of primary amides is 1. The number of carbonyl (C=O) groups excluding carboxylic acids is 3. The molecule has 3 aliphatic rings. The molecule has 51 heavy (non-hydrogen) atoms. The minimum atomic E-state index is -0.430. The first kappa shape index (κ1) is 37.8. The van der Waals surface area contributed by atoms with Crippen molar-refractivity contribution in [2.24, 2.45) is 17.6 Å². The SMILES string of the molecule is CCOC(=O)[C@@H]1C[C@@H]1/C=C\CCCCC[C@@H](C(=O)N1CCC[C@H]1C(N)=O)N1CCCCC1.COc1ccc2c(=O)cc(-c3ccccc3)[nH]c2c1. The Hall–Kier alpha value is -4.44. The van der Waals surface area contributed by atoms with Crippen molar-refractivity contribution in [2.45, 2.75) is 89.6 Å². The number of aromatic nitrogens is 1. The number of methoxy groups -OCH3 is 1. The Balaban J connectivity index is 0.000000224. The van der Waals surface area contributed by atoms with E-state index in [1.807, 2.05) is 43.3 Å². The lowest BCUT2D eigenvalue weighted by molar-refractivity contribution is -0.145. The Labute approximate surface area is 301 Å². The summed E-state index contributed by atoms with van der Waals surface area (Å²) < 4.78 is 10.3. The summed E-state index contributed by atoms with van der Waals surface area (Å²) in [5.41, 5.74) is 8.15.